The van der Waals surface area contributed by atoms with E-state index in [1.54, 1.807) is 0 Å². The van der Waals surface area contributed by atoms with Crippen LogP contribution in [0.4, 0.5) is 0 Å². The lowest BCUT2D eigenvalue weighted by Gasteiger charge is -2.29. The highest BCUT2D eigenvalue weighted by Crippen LogP contribution is 2.26. The van der Waals surface area contributed by atoms with E-state index in [1.807, 2.05) is 24.4 Å². The SMILES string of the molecule is OC1CCN(Cc2ccc(Cl)c3cccnc23)CC1. The van der Waals surface area contributed by atoms with E-state index in [2.05, 4.69) is 16.0 Å². The molecule has 0 aliphatic carbocycles. The third-order valence-corrected chi connectivity index (χ3v) is 4.08. The van der Waals surface area contributed by atoms with Crippen molar-refractivity contribution in [1.82, 2.24) is 9.88 Å². The maximum absolute atomic E-state index is 9.54. The van der Waals surface area contributed by atoms with Gasteiger partial charge in [-0.25, -0.2) is 0 Å². The summed E-state index contributed by atoms with van der Waals surface area (Å²) in [6, 6.07) is 7.92. The third kappa shape index (κ3) is 2.73. The minimum atomic E-state index is -0.128. The van der Waals surface area contributed by atoms with Gasteiger partial charge in [0.25, 0.3) is 0 Å². The zero-order valence-electron chi connectivity index (χ0n) is 10.7. The minimum absolute atomic E-state index is 0.128. The largest absolute Gasteiger partial charge is 0.393 e. The first-order valence-electron chi connectivity index (χ1n) is 6.66. The second-order valence-corrected chi connectivity index (χ2v) is 5.52. The zero-order valence-corrected chi connectivity index (χ0v) is 11.5. The Bertz CT molecular complexity index is 579. The highest BCUT2D eigenvalue weighted by atomic mass is 35.5. The number of nitrogens with zero attached hydrogens (tertiary/aromatic N) is 2. The summed E-state index contributed by atoms with van der Waals surface area (Å²) in [4.78, 5) is 6.83. The number of aliphatic hydroxyl groups excluding tert-OH is 1. The molecule has 0 saturated carbocycles. The molecule has 0 atom stereocenters. The maximum atomic E-state index is 9.54. The third-order valence-electron chi connectivity index (χ3n) is 3.75. The average Bonchev–Trinajstić information content (AvgIpc) is 2.45. The summed E-state index contributed by atoms with van der Waals surface area (Å²) < 4.78 is 0. The van der Waals surface area contributed by atoms with E-state index in [9.17, 15) is 5.11 Å². The first kappa shape index (κ1) is 12.9. The fraction of sp³-hybridized carbons (Fsp3) is 0.400. The second-order valence-electron chi connectivity index (χ2n) is 5.11. The van der Waals surface area contributed by atoms with Gasteiger partial charge >= 0.3 is 0 Å². The molecular formula is C15H17ClN2O. The van der Waals surface area contributed by atoms with E-state index in [-0.39, 0.29) is 6.10 Å². The monoisotopic (exact) mass is 276 g/mol. The van der Waals surface area contributed by atoms with E-state index < -0.39 is 0 Å². The molecule has 1 aliphatic rings. The molecule has 100 valence electrons. The molecular weight excluding hydrogens is 260 g/mol. The molecule has 0 amide bonds. The van der Waals surface area contributed by atoms with Gasteiger partial charge in [0.15, 0.2) is 0 Å². The molecule has 1 N–H and O–H groups in total. The smallest absolute Gasteiger partial charge is 0.0761 e. The van der Waals surface area contributed by atoms with E-state index in [0.717, 1.165) is 48.4 Å². The summed E-state index contributed by atoms with van der Waals surface area (Å²) in [5.41, 5.74) is 2.19. The number of pyridine rings is 1. The normalized spacial score (nSPS) is 18.0. The van der Waals surface area contributed by atoms with Crippen molar-refractivity contribution in [3.8, 4) is 0 Å². The number of piperidine rings is 1. The molecule has 3 nitrogen and oxygen atoms in total. The van der Waals surface area contributed by atoms with Crippen molar-refractivity contribution in [1.29, 1.82) is 0 Å². The molecule has 1 aromatic carbocycles. The molecule has 0 spiro atoms. The predicted molar refractivity (Wildman–Crippen MR) is 77.3 cm³/mol. The predicted octanol–water partition coefficient (Wildman–Crippen LogP) is 2.84. The van der Waals surface area contributed by atoms with E-state index in [0.29, 0.717) is 0 Å². The average molecular weight is 277 g/mol. The molecule has 2 aromatic rings. The Hall–Kier alpha value is -1.16. The van der Waals surface area contributed by atoms with E-state index in [4.69, 9.17) is 11.6 Å². The van der Waals surface area contributed by atoms with Crippen molar-refractivity contribution >= 4 is 22.5 Å². The van der Waals surface area contributed by atoms with Crippen LogP contribution in [0.25, 0.3) is 10.9 Å². The summed E-state index contributed by atoms with van der Waals surface area (Å²) in [6.07, 6.45) is 3.40. The highest BCUT2D eigenvalue weighted by molar-refractivity contribution is 6.35. The van der Waals surface area contributed by atoms with E-state index >= 15 is 0 Å². The highest BCUT2D eigenvalue weighted by Gasteiger charge is 2.18. The number of hydrogen-bond acceptors (Lipinski definition) is 3. The van der Waals surface area contributed by atoms with Gasteiger partial charge in [-0.15, -0.1) is 0 Å². The van der Waals surface area contributed by atoms with Crippen LogP contribution in [-0.4, -0.2) is 34.2 Å². The molecule has 19 heavy (non-hydrogen) atoms. The molecule has 0 radical (unpaired) electrons. The Balaban J connectivity index is 1.87. The van der Waals surface area contributed by atoms with Crippen molar-refractivity contribution in [2.45, 2.75) is 25.5 Å². The molecule has 1 aromatic heterocycles. The number of hydrogen-bond donors (Lipinski definition) is 1. The van der Waals surface area contributed by atoms with Crippen molar-refractivity contribution < 1.29 is 5.11 Å². The first-order chi connectivity index (χ1) is 9.24. The van der Waals surface area contributed by atoms with Gasteiger partial charge < -0.3 is 5.11 Å². The summed E-state index contributed by atoms with van der Waals surface area (Å²) >= 11 is 6.20. The molecule has 4 heteroatoms. The van der Waals surface area contributed by atoms with Crippen LogP contribution in [0.2, 0.25) is 5.02 Å². The minimum Gasteiger partial charge on any atom is -0.393 e. The van der Waals surface area contributed by atoms with Crippen LogP contribution in [0.15, 0.2) is 30.5 Å². The Morgan fingerprint density at radius 1 is 1.26 bits per heavy atom. The molecule has 3 rings (SSSR count). The number of fused-ring (bicyclic) bond motifs is 1. The van der Waals surface area contributed by atoms with Gasteiger partial charge in [0.05, 0.1) is 11.6 Å². The van der Waals surface area contributed by atoms with Crippen LogP contribution in [0, 0.1) is 0 Å². The number of rotatable bonds is 2. The van der Waals surface area contributed by atoms with Crippen LogP contribution in [-0.2, 0) is 6.54 Å². The summed E-state index contributed by atoms with van der Waals surface area (Å²) in [5, 5.41) is 11.3. The van der Waals surface area contributed by atoms with Crippen LogP contribution >= 0.6 is 11.6 Å². The molecule has 1 fully saturated rings. The molecule has 0 bridgehead atoms. The van der Waals surface area contributed by atoms with Crippen molar-refractivity contribution in [3.05, 3.63) is 41.0 Å². The molecule has 1 aliphatic heterocycles. The van der Waals surface area contributed by atoms with Gasteiger partial charge in [-0.2, -0.15) is 0 Å². The summed E-state index contributed by atoms with van der Waals surface area (Å²) in [7, 11) is 0. The molecule has 2 heterocycles. The van der Waals surface area contributed by atoms with Crippen LogP contribution in [0.5, 0.6) is 0 Å². The van der Waals surface area contributed by atoms with Gasteiger partial charge in [0, 0.05) is 36.2 Å². The number of aliphatic hydroxyl groups is 1. The topological polar surface area (TPSA) is 36.4 Å². The number of likely N-dealkylation sites (tertiary alicyclic amines) is 1. The second kappa shape index (κ2) is 5.45. The van der Waals surface area contributed by atoms with Gasteiger partial charge in [-0.05, 0) is 36.6 Å². The zero-order chi connectivity index (χ0) is 13.2. The van der Waals surface area contributed by atoms with Crippen LogP contribution in [0.1, 0.15) is 18.4 Å². The van der Waals surface area contributed by atoms with Gasteiger partial charge in [0.2, 0.25) is 0 Å². The van der Waals surface area contributed by atoms with Crippen molar-refractivity contribution in [2.75, 3.05) is 13.1 Å². The van der Waals surface area contributed by atoms with Gasteiger partial charge in [-0.3, -0.25) is 9.88 Å². The fourth-order valence-electron chi connectivity index (χ4n) is 2.64. The number of halogens is 1. The lowest BCUT2D eigenvalue weighted by Crippen LogP contribution is -2.35. The first-order valence-corrected chi connectivity index (χ1v) is 7.04. The summed E-state index contributed by atoms with van der Waals surface area (Å²) in [5.74, 6) is 0. The number of aromatic nitrogens is 1. The fourth-order valence-corrected chi connectivity index (χ4v) is 2.86. The lowest BCUT2D eigenvalue weighted by atomic mass is 10.1. The standard InChI is InChI=1S/C15H17ClN2O/c16-14-4-3-11(15-13(14)2-1-7-17-15)10-18-8-5-12(19)6-9-18/h1-4,7,12,19H,5-6,8-10H2. The number of benzene rings is 1. The van der Waals surface area contributed by atoms with Gasteiger partial charge in [-0.1, -0.05) is 17.7 Å². The summed E-state index contributed by atoms with van der Waals surface area (Å²) in [6.45, 7) is 2.76. The molecule has 1 saturated heterocycles. The molecule has 0 unspecified atom stereocenters. The Morgan fingerprint density at radius 2 is 2.05 bits per heavy atom. The van der Waals surface area contributed by atoms with E-state index in [1.165, 1.54) is 5.56 Å². The van der Waals surface area contributed by atoms with Crippen LogP contribution in [0.3, 0.4) is 0 Å². The maximum Gasteiger partial charge on any atom is 0.0761 e. The van der Waals surface area contributed by atoms with Crippen molar-refractivity contribution in [3.63, 3.8) is 0 Å². The van der Waals surface area contributed by atoms with Crippen LogP contribution < -0.4 is 0 Å². The van der Waals surface area contributed by atoms with Crippen molar-refractivity contribution in [2.24, 2.45) is 0 Å². The Kier molecular flexibility index (Phi) is 3.69. The lowest BCUT2D eigenvalue weighted by molar-refractivity contribution is 0.0794. The van der Waals surface area contributed by atoms with Gasteiger partial charge in [0.1, 0.15) is 0 Å². The quantitative estimate of drug-likeness (QED) is 0.916. The Labute approximate surface area is 117 Å². The Morgan fingerprint density at radius 3 is 2.84 bits per heavy atom.